The first kappa shape index (κ1) is 8.54. The first-order valence-electron chi connectivity index (χ1n) is 2.72. The average Bonchev–Trinajstić information content (AvgIpc) is 1.89. The van der Waals surface area contributed by atoms with Crippen molar-refractivity contribution in [2.24, 2.45) is 21.7 Å². The molecule has 6 heteroatoms. The SMILES string of the molecule is CN/N=C(N)/C(N)=N/NC. The lowest BCUT2D eigenvalue weighted by atomic mass is 10.6. The molecule has 58 valence electrons. The number of nitrogens with zero attached hydrogens (tertiary/aromatic N) is 2. The third-order valence-electron chi connectivity index (χ3n) is 0.727. The van der Waals surface area contributed by atoms with Gasteiger partial charge in [-0.15, -0.1) is 0 Å². The molecule has 0 unspecified atom stereocenters. The van der Waals surface area contributed by atoms with Crippen molar-refractivity contribution in [2.75, 3.05) is 14.1 Å². The van der Waals surface area contributed by atoms with Gasteiger partial charge in [0.25, 0.3) is 0 Å². The fourth-order valence-electron chi connectivity index (χ4n) is 0.355. The van der Waals surface area contributed by atoms with Crippen LogP contribution in [0.1, 0.15) is 0 Å². The maximum Gasteiger partial charge on any atom is 0.187 e. The highest BCUT2D eigenvalue weighted by Crippen LogP contribution is 1.65. The molecule has 0 heterocycles. The first-order chi connectivity index (χ1) is 4.72. The lowest BCUT2D eigenvalue weighted by molar-refractivity contribution is 0.887. The minimum absolute atomic E-state index is 0.164. The van der Waals surface area contributed by atoms with Gasteiger partial charge in [-0.1, -0.05) is 0 Å². The maximum absolute atomic E-state index is 5.31. The van der Waals surface area contributed by atoms with Gasteiger partial charge in [-0.05, 0) is 0 Å². The van der Waals surface area contributed by atoms with Crippen LogP contribution in [0.3, 0.4) is 0 Å². The topological polar surface area (TPSA) is 101 Å². The quantitative estimate of drug-likeness (QED) is 0.204. The third-order valence-corrected chi connectivity index (χ3v) is 0.727. The number of amidine groups is 2. The van der Waals surface area contributed by atoms with Crippen molar-refractivity contribution in [3.8, 4) is 0 Å². The molecule has 0 aliphatic carbocycles. The van der Waals surface area contributed by atoms with Crippen molar-refractivity contribution in [3.63, 3.8) is 0 Å². The van der Waals surface area contributed by atoms with E-state index in [-0.39, 0.29) is 11.7 Å². The summed E-state index contributed by atoms with van der Waals surface area (Å²) < 4.78 is 0. The predicted octanol–water partition coefficient (Wildman–Crippen LogP) is -2.03. The molecule has 6 nitrogen and oxygen atoms in total. The summed E-state index contributed by atoms with van der Waals surface area (Å²) in [7, 11) is 3.25. The van der Waals surface area contributed by atoms with E-state index in [1.165, 1.54) is 0 Å². The Morgan fingerprint density at radius 3 is 1.50 bits per heavy atom. The second kappa shape index (κ2) is 4.42. The smallest absolute Gasteiger partial charge is 0.187 e. The van der Waals surface area contributed by atoms with Gasteiger partial charge < -0.3 is 22.3 Å². The van der Waals surface area contributed by atoms with Gasteiger partial charge in [0.15, 0.2) is 11.7 Å². The molecule has 0 saturated heterocycles. The highest BCUT2D eigenvalue weighted by Gasteiger charge is 1.95. The first-order valence-corrected chi connectivity index (χ1v) is 2.72. The lowest BCUT2D eigenvalue weighted by Gasteiger charge is -1.97. The van der Waals surface area contributed by atoms with Crippen LogP contribution in [0.4, 0.5) is 0 Å². The molecule has 0 aromatic carbocycles. The van der Waals surface area contributed by atoms with E-state index >= 15 is 0 Å². The molecule has 0 aliphatic heterocycles. The summed E-state index contributed by atoms with van der Waals surface area (Å²) in [4.78, 5) is 0. The molecule has 0 amide bonds. The largest absolute Gasteiger partial charge is 0.379 e. The zero-order chi connectivity index (χ0) is 7.98. The Kier molecular flexibility index (Phi) is 3.78. The van der Waals surface area contributed by atoms with Crippen molar-refractivity contribution in [2.45, 2.75) is 0 Å². The summed E-state index contributed by atoms with van der Waals surface area (Å²) >= 11 is 0. The van der Waals surface area contributed by atoms with E-state index in [9.17, 15) is 0 Å². The standard InChI is InChI=1S/C4H12N6/c1-7-9-3(5)4(6)10-8-2/h7-8H,1-2H3,(H2,5,9)(H2,6,10). The Bertz CT molecular complexity index is 130. The lowest BCUT2D eigenvalue weighted by Crippen LogP contribution is -2.34. The van der Waals surface area contributed by atoms with Crippen LogP contribution in [0.5, 0.6) is 0 Å². The molecule has 0 fully saturated rings. The Hall–Kier alpha value is -1.46. The van der Waals surface area contributed by atoms with Crippen LogP contribution in [0.2, 0.25) is 0 Å². The van der Waals surface area contributed by atoms with Crippen LogP contribution in [-0.2, 0) is 0 Å². The highest BCUT2D eigenvalue weighted by molar-refractivity contribution is 6.39. The van der Waals surface area contributed by atoms with Crippen LogP contribution < -0.4 is 22.3 Å². The zero-order valence-corrected chi connectivity index (χ0v) is 6.05. The average molecular weight is 144 g/mol. The second-order valence-corrected chi connectivity index (χ2v) is 1.44. The van der Waals surface area contributed by atoms with Gasteiger partial charge in [0.1, 0.15) is 0 Å². The number of hydrazone groups is 2. The van der Waals surface area contributed by atoms with Crippen molar-refractivity contribution in [1.29, 1.82) is 0 Å². The van der Waals surface area contributed by atoms with Gasteiger partial charge >= 0.3 is 0 Å². The second-order valence-electron chi connectivity index (χ2n) is 1.44. The zero-order valence-electron chi connectivity index (χ0n) is 6.05. The summed E-state index contributed by atoms with van der Waals surface area (Å²) in [6.45, 7) is 0. The van der Waals surface area contributed by atoms with Crippen molar-refractivity contribution in [3.05, 3.63) is 0 Å². The van der Waals surface area contributed by atoms with E-state index in [0.717, 1.165) is 0 Å². The van der Waals surface area contributed by atoms with Crippen LogP contribution in [-0.4, -0.2) is 25.8 Å². The number of nitrogens with one attached hydrogen (secondary N) is 2. The van der Waals surface area contributed by atoms with Gasteiger partial charge in [0, 0.05) is 14.1 Å². The highest BCUT2D eigenvalue weighted by atomic mass is 15.3. The van der Waals surface area contributed by atoms with Crippen LogP contribution in [0, 0.1) is 0 Å². The van der Waals surface area contributed by atoms with Gasteiger partial charge in [0.2, 0.25) is 0 Å². The van der Waals surface area contributed by atoms with Crippen molar-refractivity contribution >= 4 is 11.7 Å². The maximum atomic E-state index is 5.31. The summed E-state index contributed by atoms with van der Waals surface area (Å²) in [5, 5.41) is 7.18. The number of hydrogen-bond donors (Lipinski definition) is 4. The van der Waals surface area contributed by atoms with Crippen molar-refractivity contribution < 1.29 is 0 Å². The van der Waals surface area contributed by atoms with Crippen LogP contribution in [0.25, 0.3) is 0 Å². The van der Waals surface area contributed by atoms with Gasteiger partial charge in [0.05, 0.1) is 0 Å². The number of hydrogen-bond acceptors (Lipinski definition) is 4. The minimum atomic E-state index is 0.164. The molecule has 0 spiro atoms. The number of nitrogens with two attached hydrogens (primary N) is 2. The molecule has 0 atom stereocenters. The fraction of sp³-hybridized carbons (Fsp3) is 0.500. The molecule has 0 radical (unpaired) electrons. The monoisotopic (exact) mass is 144 g/mol. The molecular formula is C4H12N6. The third kappa shape index (κ3) is 2.75. The van der Waals surface area contributed by atoms with Gasteiger partial charge in [-0.3, -0.25) is 0 Å². The van der Waals surface area contributed by atoms with E-state index in [0.29, 0.717) is 0 Å². The van der Waals surface area contributed by atoms with Crippen LogP contribution >= 0.6 is 0 Å². The molecule has 0 rings (SSSR count). The fourth-order valence-corrected chi connectivity index (χ4v) is 0.355. The normalized spacial score (nSPS) is 13.0. The van der Waals surface area contributed by atoms with Crippen molar-refractivity contribution in [1.82, 2.24) is 10.9 Å². The molecule has 0 aliphatic rings. The summed E-state index contributed by atoms with van der Waals surface area (Å²) in [5.74, 6) is 0.328. The van der Waals surface area contributed by atoms with E-state index in [1.807, 2.05) is 0 Å². The number of rotatable bonds is 2. The Morgan fingerprint density at radius 2 is 1.30 bits per heavy atom. The molecule has 0 saturated carbocycles. The van der Waals surface area contributed by atoms with E-state index in [2.05, 4.69) is 21.1 Å². The summed E-state index contributed by atoms with van der Waals surface area (Å²) in [6, 6.07) is 0. The molecular weight excluding hydrogens is 132 g/mol. The summed E-state index contributed by atoms with van der Waals surface area (Å²) in [6.07, 6.45) is 0. The van der Waals surface area contributed by atoms with E-state index < -0.39 is 0 Å². The minimum Gasteiger partial charge on any atom is -0.379 e. The summed E-state index contributed by atoms with van der Waals surface area (Å²) in [5.41, 5.74) is 15.6. The Balaban J connectivity index is 4.06. The predicted molar refractivity (Wildman–Crippen MR) is 41.4 cm³/mol. The molecule has 0 aromatic heterocycles. The Morgan fingerprint density at radius 1 is 1.00 bits per heavy atom. The van der Waals surface area contributed by atoms with Gasteiger partial charge in [-0.25, -0.2) is 0 Å². The van der Waals surface area contributed by atoms with Crippen LogP contribution in [0.15, 0.2) is 10.2 Å². The molecule has 6 N–H and O–H groups in total. The molecule has 0 aromatic rings. The molecule has 0 bridgehead atoms. The Labute approximate surface area is 59.3 Å². The molecule has 10 heavy (non-hydrogen) atoms. The van der Waals surface area contributed by atoms with Gasteiger partial charge in [-0.2, -0.15) is 10.2 Å². The van der Waals surface area contributed by atoms with E-state index in [1.54, 1.807) is 14.1 Å². The van der Waals surface area contributed by atoms with E-state index in [4.69, 9.17) is 11.5 Å².